The maximum absolute atomic E-state index is 6.85. The van der Waals surface area contributed by atoms with Gasteiger partial charge in [0.15, 0.2) is 0 Å². The Balaban J connectivity index is 1.11. The minimum Gasteiger partial charge on any atom is -0.489 e. The van der Waals surface area contributed by atoms with E-state index in [1.807, 2.05) is 6.07 Å². The number of halogens is 1. The highest BCUT2D eigenvalue weighted by Crippen LogP contribution is 2.37. The average Bonchev–Trinajstić information content (AvgIpc) is 3.30. The van der Waals surface area contributed by atoms with Crippen LogP contribution >= 0.6 is 11.6 Å². The Bertz CT molecular complexity index is 2430. The van der Waals surface area contributed by atoms with Crippen molar-refractivity contribution in [3.8, 4) is 11.5 Å². The van der Waals surface area contributed by atoms with Crippen LogP contribution in [0.4, 0.5) is 0 Å². The third kappa shape index (κ3) is 10.1. The molecule has 0 unspecified atom stereocenters. The van der Waals surface area contributed by atoms with E-state index in [1.54, 1.807) is 0 Å². The van der Waals surface area contributed by atoms with Crippen molar-refractivity contribution in [1.29, 1.82) is 0 Å². The first-order valence-electron chi connectivity index (χ1n) is 22.6. The maximum Gasteiger partial charge on any atom is 0.123 e. The zero-order valence-electron chi connectivity index (χ0n) is 36.0. The molecule has 0 spiro atoms. The molecule has 0 fully saturated rings. The standard InChI is InChI=1S/C57H59ClO3/c1-3-5-7-9-19-46-48-21-11-15-25-52(48)56(53-26-16-12-22-49(46)53)39-60-44-33-43(38-59-37-42-31-29-41(36-58)30-32-42)34-45(35-44)61-40-57-54-27-17-13-23-50(54)47(20-10-8-6-4-2)51-24-14-18-28-55(51)57/h11-18,21-35H,3-10,19-20,36-40H2,1-2H3. The van der Waals surface area contributed by atoms with Gasteiger partial charge in [-0.2, -0.15) is 0 Å². The number of benzene rings is 8. The summed E-state index contributed by atoms with van der Waals surface area (Å²) < 4.78 is 20.0. The summed E-state index contributed by atoms with van der Waals surface area (Å²) >= 11 is 6.05. The molecule has 312 valence electrons. The summed E-state index contributed by atoms with van der Waals surface area (Å²) in [7, 11) is 0. The molecule has 0 aliphatic rings. The van der Waals surface area contributed by atoms with E-state index in [2.05, 4.69) is 147 Å². The number of fused-ring (bicyclic) bond motifs is 4. The molecule has 8 aromatic rings. The zero-order valence-corrected chi connectivity index (χ0v) is 36.7. The molecule has 0 saturated heterocycles. The highest BCUT2D eigenvalue weighted by molar-refractivity contribution is 6.17. The fourth-order valence-corrected chi connectivity index (χ4v) is 9.31. The SMILES string of the molecule is CCCCCCc1c2ccccc2c(COc2cc(COCc3ccc(CCl)cc3)cc(OCc3c4ccccc4c(CCCCCC)c4ccccc34)c2)c2ccccc12. The van der Waals surface area contributed by atoms with Crippen molar-refractivity contribution in [2.75, 3.05) is 0 Å². The Labute approximate surface area is 367 Å². The largest absolute Gasteiger partial charge is 0.489 e. The highest BCUT2D eigenvalue weighted by atomic mass is 35.5. The molecule has 0 aromatic heterocycles. The van der Waals surface area contributed by atoms with E-state index in [4.69, 9.17) is 25.8 Å². The molecular weight excluding hydrogens is 768 g/mol. The van der Waals surface area contributed by atoms with Crippen molar-refractivity contribution in [2.24, 2.45) is 0 Å². The first-order valence-corrected chi connectivity index (χ1v) is 23.1. The number of hydrogen-bond donors (Lipinski definition) is 0. The Kier molecular flexibility index (Phi) is 14.5. The molecule has 0 heterocycles. The van der Waals surface area contributed by atoms with E-state index in [1.165, 1.54) is 117 Å². The molecule has 8 rings (SSSR count). The van der Waals surface area contributed by atoms with Crippen LogP contribution in [-0.2, 0) is 49.9 Å². The lowest BCUT2D eigenvalue weighted by Gasteiger charge is -2.19. The number of aryl methyl sites for hydroxylation is 2. The Morgan fingerprint density at radius 2 is 0.721 bits per heavy atom. The van der Waals surface area contributed by atoms with Gasteiger partial charge < -0.3 is 14.2 Å². The zero-order chi connectivity index (χ0) is 41.8. The van der Waals surface area contributed by atoms with Crippen LogP contribution in [0.25, 0.3) is 43.1 Å². The molecular formula is C57H59ClO3. The van der Waals surface area contributed by atoms with Crippen molar-refractivity contribution in [3.05, 3.63) is 178 Å². The molecule has 0 bridgehead atoms. The number of ether oxygens (including phenoxy) is 3. The molecule has 0 aliphatic carbocycles. The lowest BCUT2D eigenvalue weighted by molar-refractivity contribution is 0.106. The van der Waals surface area contributed by atoms with Crippen LogP contribution in [0.1, 0.15) is 104 Å². The van der Waals surface area contributed by atoms with Gasteiger partial charge in [0.25, 0.3) is 0 Å². The molecule has 0 N–H and O–H groups in total. The van der Waals surface area contributed by atoms with Crippen molar-refractivity contribution < 1.29 is 14.2 Å². The van der Waals surface area contributed by atoms with Crippen molar-refractivity contribution in [1.82, 2.24) is 0 Å². The second-order valence-corrected chi connectivity index (χ2v) is 16.8. The molecule has 8 aromatic carbocycles. The van der Waals surface area contributed by atoms with Crippen LogP contribution in [0, 0.1) is 0 Å². The molecule has 4 heteroatoms. The van der Waals surface area contributed by atoms with Gasteiger partial charge in [-0.05, 0) is 109 Å². The summed E-state index contributed by atoms with van der Waals surface area (Å²) in [5.74, 6) is 2.02. The van der Waals surface area contributed by atoms with Gasteiger partial charge in [-0.25, -0.2) is 0 Å². The maximum atomic E-state index is 6.85. The molecule has 0 saturated carbocycles. The van der Waals surface area contributed by atoms with Crippen LogP contribution in [0.5, 0.6) is 11.5 Å². The Morgan fingerprint density at radius 3 is 1.10 bits per heavy atom. The Hall–Kier alpha value is -5.35. The van der Waals surface area contributed by atoms with Crippen molar-refractivity contribution >= 4 is 54.7 Å². The van der Waals surface area contributed by atoms with Gasteiger partial charge in [0.05, 0.1) is 13.2 Å². The summed E-state index contributed by atoms with van der Waals surface area (Å²) in [5.41, 5.74) is 8.52. The van der Waals surface area contributed by atoms with E-state index in [0.717, 1.165) is 41.0 Å². The van der Waals surface area contributed by atoms with Crippen LogP contribution in [0.15, 0.2) is 140 Å². The summed E-state index contributed by atoms with van der Waals surface area (Å²) in [5, 5.41) is 10.3. The van der Waals surface area contributed by atoms with Gasteiger partial charge in [-0.15, -0.1) is 11.6 Å². The second kappa shape index (κ2) is 21.0. The van der Waals surface area contributed by atoms with Crippen LogP contribution in [0.3, 0.4) is 0 Å². The molecule has 3 nitrogen and oxygen atoms in total. The van der Waals surface area contributed by atoms with Gasteiger partial charge in [0.2, 0.25) is 0 Å². The quantitative estimate of drug-likeness (QED) is 0.0410. The summed E-state index contributed by atoms with van der Waals surface area (Å²) in [6, 6.07) is 50.1. The van der Waals surface area contributed by atoms with Gasteiger partial charge in [-0.3, -0.25) is 0 Å². The number of unbranched alkanes of at least 4 members (excludes halogenated alkanes) is 6. The molecule has 61 heavy (non-hydrogen) atoms. The highest BCUT2D eigenvalue weighted by Gasteiger charge is 2.17. The van der Waals surface area contributed by atoms with E-state index in [9.17, 15) is 0 Å². The smallest absolute Gasteiger partial charge is 0.123 e. The van der Waals surface area contributed by atoms with E-state index >= 15 is 0 Å². The second-order valence-electron chi connectivity index (χ2n) is 16.6. The molecule has 0 amide bonds. The van der Waals surface area contributed by atoms with Crippen LogP contribution in [0.2, 0.25) is 0 Å². The Morgan fingerprint density at radius 1 is 0.361 bits per heavy atom. The monoisotopic (exact) mass is 826 g/mol. The van der Waals surface area contributed by atoms with Crippen LogP contribution in [-0.4, -0.2) is 0 Å². The van der Waals surface area contributed by atoms with E-state index < -0.39 is 0 Å². The fraction of sp³-hybridized carbons (Fsp3) is 0.298. The summed E-state index contributed by atoms with van der Waals surface area (Å²) in [6.07, 6.45) is 12.1. The lowest BCUT2D eigenvalue weighted by atomic mass is 9.89. The summed E-state index contributed by atoms with van der Waals surface area (Å²) in [6.45, 7) is 6.33. The summed E-state index contributed by atoms with van der Waals surface area (Å²) in [4.78, 5) is 0. The minimum absolute atomic E-state index is 0.419. The predicted octanol–water partition coefficient (Wildman–Crippen LogP) is 16.2. The molecule has 0 atom stereocenters. The van der Waals surface area contributed by atoms with E-state index in [0.29, 0.717) is 32.3 Å². The number of rotatable bonds is 21. The van der Waals surface area contributed by atoms with E-state index in [-0.39, 0.29) is 0 Å². The van der Waals surface area contributed by atoms with Crippen LogP contribution < -0.4 is 9.47 Å². The topological polar surface area (TPSA) is 27.7 Å². The van der Waals surface area contributed by atoms with Gasteiger partial charge in [-0.1, -0.05) is 174 Å². The molecule has 0 radical (unpaired) electrons. The first kappa shape index (κ1) is 42.3. The third-order valence-electron chi connectivity index (χ3n) is 12.3. The van der Waals surface area contributed by atoms with Gasteiger partial charge >= 0.3 is 0 Å². The van der Waals surface area contributed by atoms with Gasteiger partial charge in [0.1, 0.15) is 24.7 Å². The number of hydrogen-bond acceptors (Lipinski definition) is 3. The molecule has 0 aliphatic heterocycles. The predicted molar refractivity (Wildman–Crippen MR) is 258 cm³/mol. The number of alkyl halides is 1. The average molecular weight is 828 g/mol. The first-order chi connectivity index (χ1) is 30.1. The third-order valence-corrected chi connectivity index (χ3v) is 12.6. The minimum atomic E-state index is 0.419. The fourth-order valence-electron chi connectivity index (χ4n) is 9.13. The lowest BCUT2D eigenvalue weighted by Crippen LogP contribution is -2.04. The van der Waals surface area contributed by atoms with Crippen molar-refractivity contribution in [3.63, 3.8) is 0 Å². The van der Waals surface area contributed by atoms with Crippen molar-refractivity contribution in [2.45, 2.75) is 110 Å². The normalized spacial score (nSPS) is 11.6. The van der Waals surface area contributed by atoms with Gasteiger partial charge in [0, 0.05) is 23.1 Å².